The van der Waals surface area contributed by atoms with Crippen molar-refractivity contribution in [1.29, 1.82) is 0 Å². The highest BCUT2D eigenvalue weighted by Crippen LogP contribution is 2.21. The van der Waals surface area contributed by atoms with Crippen LogP contribution < -0.4 is 10.6 Å². The summed E-state index contributed by atoms with van der Waals surface area (Å²) in [5.41, 5.74) is 1.22. The van der Waals surface area contributed by atoms with Crippen LogP contribution >= 0.6 is 0 Å². The van der Waals surface area contributed by atoms with Gasteiger partial charge in [0.25, 0.3) is 0 Å². The minimum Gasteiger partial charge on any atom is -0.444 e. The van der Waals surface area contributed by atoms with E-state index < -0.39 is 11.7 Å². The lowest BCUT2D eigenvalue weighted by molar-refractivity contribution is 0.0636. The average molecular weight is 319 g/mol. The fourth-order valence-electron chi connectivity index (χ4n) is 2.03. The van der Waals surface area contributed by atoms with Crippen LogP contribution in [0.5, 0.6) is 0 Å². The molecule has 1 amide bonds. The Morgan fingerprint density at radius 3 is 2.65 bits per heavy atom. The number of carbonyl (C=O) groups is 1. The number of rotatable bonds is 4. The van der Waals surface area contributed by atoms with Crippen molar-refractivity contribution in [3.63, 3.8) is 0 Å². The van der Waals surface area contributed by atoms with Crippen LogP contribution in [0.3, 0.4) is 0 Å². The number of aryl methyl sites for hydroxylation is 1. The van der Waals surface area contributed by atoms with Gasteiger partial charge in [-0.15, -0.1) is 0 Å². The number of anilines is 2. The molecule has 0 atom stereocenters. The quantitative estimate of drug-likeness (QED) is 0.891. The first kappa shape index (κ1) is 16.9. The maximum Gasteiger partial charge on any atom is 0.412 e. The molecule has 0 aliphatic carbocycles. The molecule has 0 aliphatic rings. The van der Waals surface area contributed by atoms with Gasteiger partial charge in [-0.25, -0.2) is 9.18 Å². The van der Waals surface area contributed by atoms with E-state index in [-0.39, 0.29) is 5.82 Å². The fraction of sp³-hybridized carbons (Fsp3) is 0.353. The highest BCUT2D eigenvalue weighted by molar-refractivity contribution is 5.85. The summed E-state index contributed by atoms with van der Waals surface area (Å²) in [7, 11) is 1.92. The molecule has 0 unspecified atom stereocenters. The lowest BCUT2D eigenvalue weighted by Crippen LogP contribution is -2.27. The number of halogens is 1. The zero-order valence-corrected chi connectivity index (χ0v) is 13.8. The van der Waals surface area contributed by atoms with Crippen LogP contribution in [0.4, 0.5) is 20.6 Å². The lowest BCUT2D eigenvalue weighted by atomic mass is 10.2. The van der Waals surface area contributed by atoms with Crippen molar-refractivity contribution in [1.82, 2.24) is 4.57 Å². The molecule has 0 saturated heterocycles. The van der Waals surface area contributed by atoms with Gasteiger partial charge in [0.15, 0.2) is 0 Å². The second-order valence-corrected chi connectivity index (χ2v) is 6.29. The van der Waals surface area contributed by atoms with Crippen LogP contribution in [0.1, 0.15) is 26.5 Å². The van der Waals surface area contributed by atoms with Crippen molar-refractivity contribution in [2.24, 2.45) is 7.05 Å². The SMILES string of the molecule is Cn1cccc1CNc1cc(NC(=O)OC(C)(C)C)ccc1F. The van der Waals surface area contributed by atoms with Crippen molar-refractivity contribution < 1.29 is 13.9 Å². The molecular formula is C17H22FN3O2. The standard InChI is InChI=1S/C17H22FN3O2/c1-17(2,3)23-16(22)20-12-7-8-14(18)15(10-12)19-11-13-6-5-9-21(13)4/h5-10,19H,11H2,1-4H3,(H,20,22). The van der Waals surface area contributed by atoms with Gasteiger partial charge in [-0.3, -0.25) is 5.32 Å². The van der Waals surface area contributed by atoms with Gasteiger partial charge in [0.1, 0.15) is 11.4 Å². The second kappa shape index (κ2) is 6.73. The Morgan fingerprint density at radius 1 is 1.30 bits per heavy atom. The summed E-state index contributed by atoms with van der Waals surface area (Å²) >= 11 is 0. The smallest absolute Gasteiger partial charge is 0.412 e. The third-order valence-corrected chi connectivity index (χ3v) is 3.12. The second-order valence-electron chi connectivity index (χ2n) is 6.29. The van der Waals surface area contributed by atoms with Crippen LogP contribution in [0.15, 0.2) is 36.5 Å². The number of aromatic nitrogens is 1. The van der Waals surface area contributed by atoms with Crippen LogP contribution in [-0.2, 0) is 18.3 Å². The molecule has 2 N–H and O–H groups in total. The van der Waals surface area contributed by atoms with Gasteiger partial charge in [0.05, 0.1) is 12.2 Å². The van der Waals surface area contributed by atoms with E-state index in [0.717, 1.165) is 5.69 Å². The number of carbonyl (C=O) groups excluding carboxylic acids is 1. The molecule has 124 valence electrons. The molecule has 0 bridgehead atoms. The van der Waals surface area contributed by atoms with E-state index in [2.05, 4.69) is 10.6 Å². The fourth-order valence-corrected chi connectivity index (χ4v) is 2.03. The molecule has 0 aliphatic heterocycles. The van der Waals surface area contributed by atoms with Crippen LogP contribution in [0, 0.1) is 5.82 Å². The van der Waals surface area contributed by atoms with E-state index in [0.29, 0.717) is 17.9 Å². The summed E-state index contributed by atoms with van der Waals surface area (Å²) in [6.45, 7) is 5.83. The molecule has 0 radical (unpaired) electrons. The van der Waals surface area contributed by atoms with Gasteiger partial charge in [-0.05, 0) is 51.1 Å². The number of benzene rings is 1. The highest BCUT2D eigenvalue weighted by atomic mass is 19.1. The Labute approximate surface area is 135 Å². The summed E-state index contributed by atoms with van der Waals surface area (Å²) in [5, 5.41) is 5.63. The van der Waals surface area contributed by atoms with E-state index in [1.165, 1.54) is 12.1 Å². The zero-order chi connectivity index (χ0) is 17.0. The Balaban J connectivity index is 2.04. The van der Waals surface area contributed by atoms with Crippen LogP contribution in [-0.4, -0.2) is 16.3 Å². The number of nitrogens with zero attached hydrogens (tertiary/aromatic N) is 1. The number of ether oxygens (including phenoxy) is 1. The van der Waals surface area contributed by atoms with Gasteiger partial charge in [-0.1, -0.05) is 0 Å². The molecule has 2 aromatic rings. The van der Waals surface area contributed by atoms with Gasteiger partial charge in [0, 0.05) is 24.6 Å². The van der Waals surface area contributed by atoms with Gasteiger partial charge >= 0.3 is 6.09 Å². The monoisotopic (exact) mass is 319 g/mol. The third-order valence-electron chi connectivity index (χ3n) is 3.12. The molecule has 1 aromatic heterocycles. The van der Waals surface area contributed by atoms with Gasteiger partial charge < -0.3 is 14.6 Å². The Hall–Kier alpha value is -2.50. The first-order valence-corrected chi connectivity index (χ1v) is 7.38. The molecular weight excluding hydrogens is 297 g/mol. The van der Waals surface area contributed by atoms with Crippen molar-refractivity contribution in [2.75, 3.05) is 10.6 Å². The summed E-state index contributed by atoms with van der Waals surface area (Å²) in [6.07, 6.45) is 1.35. The highest BCUT2D eigenvalue weighted by Gasteiger charge is 2.16. The first-order chi connectivity index (χ1) is 10.7. The van der Waals surface area contributed by atoms with E-state index in [9.17, 15) is 9.18 Å². The average Bonchev–Trinajstić information content (AvgIpc) is 2.83. The predicted octanol–water partition coefficient (Wildman–Crippen LogP) is 4.12. The van der Waals surface area contributed by atoms with E-state index in [1.54, 1.807) is 26.8 Å². The van der Waals surface area contributed by atoms with E-state index >= 15 is 0 Å². The zero-order valence-electron chi connectivity index (χ0n) is 13.8. The first-order valence-electron chi connectivity index (χ1n) is 7.38. The molecule has 1 aromatic carbocycles. The molecule has 0 fully saturated rings. The number of hydrogen-bond acceptors (Lipinski definition) is 3. The summed E-state index contributed by atoms with van der Waals surface area (Å²) in [6, 6.07) is 8.22. The normalized spacial score (nSPS) is 11.2. The van der Waals surface area contributed by atoms with E-state index in [4.69, 9.17) is 4.74 Å². The topological polar surface area (TPSA) is 55.3 Å². The molecule has 1 heterocycles. The van der Waals surface area contributed by atoms with E-state index in [1.807, 2.05) is 29.9 Å². The maximum absolute atomic E-state index is 13.9. The summed E-state index contributed by atoms with van der Waals surface area (Å²) in [4.78, 5) is 11.8. The number of nitrogens with one attached hydrogen (secondary N) is 2. The molecule has 6 heteroatoms. The minimum absolute atomic E-state index is 0.319. The third kappa shape index (κ3) is 5.02. The van der Waals surface area contributed by atoms with Gasteiger partial charge in [0.2, 0.25) is 0 Å². The predicted molar refractivity (Wildman–Crippen MR) is 89.0 cm³/mol. The Bertz CT molecular complexity index is 689. The molecule has 5 nitrogen and oxygen atoms in total. The van der Waals surface area contributed by atoms with Crippen LogP contribution in [0.25, 0.3) is 0 Å². The molecule has 0 saturated carbocycles. The molecule has 2 rings (SSSR count). The van der Waals surface area contributed by atoms with Crippen molar-refractivity contribution >= 4 is 17.5 Å². The van der Waals surface area contributed by atoms with Crippen LogP contribution in [0.2, 0.25) is 0 Å². The number of amides is 1. The molecule has 23 heavy (non-hydrogen) atoms. The lowest BCUT2D eigenvalue weighted by Gasteiger charge is -2.20. The minimum atomic E-state index is -0.586. The van der Waals surface area contributed by atoms with Crippen molar-refractivity contribution in [3.05, 3.63) is 48.0 Å². The Kier molecular flexibility index (Phi) is 4.93. The Morgan fingerprint density at radius 2 is 2.04 bits per heavy atom. The maximum atomic E-state index is 13.9. The number of hydrogen-bond donors (Lipinski definition) is 2. The van der Waals surface area contributed by atoms with Crippen molar-refractivity contribution in [3.8, 4) is 0 Å². The summed E-state index contributed by atoms with van der Waals surface area (Å²) in [5.74, 6) is -0.381. The molecule has 0 spiro atoms. The largest absolute Gasteiger partial charge is 0.444 e. The van der Waals surface area contributed by atoms with Crippen molar-refractivity contribution in [2.45, 2.75) is 32.9 Å². The van der Waals surface area contributed by atoms with Gasteiger partial charge in [-0.2, -0.15) is 0 Å². The summed E-state index contributed by atoms with van der Waals surface area (Å²) < 4.78 is 21.0.